The van der Waals surface area contributed by atoms with Crippen LogP contribution in [0.3, 0.4) is 0 Å². The molecule has 0 spiro atoms. The molecule has 19 heavy (non-hydrogen) atoms. The first kappa shape index (κ1) is 11.5. The van der Waals surface area contributed by atoms with Crippen molar-refractivity contribution in [3.63, 3.8) is 0 Å². The van der Waals surface area contributed by atoms with E-state index in [0.717, 1.165) is 4.70 Å². The van der Waals surface area contributed by atoms with Gasteiger partial charge in [0.05, 0.1) is 10.9 Å². The largest absolute Gasteiger partial charge is 0.383 e. The van der Waals surface area contributed by atoms with Gasteiger partial charge < -0.3 is 11.5 Å². The van der Waals surface area contributed by atoms with Crippen molar-refractivity contribution in [3.8, 4) is 10.6 Å². The summed E-state index contributed by atoms with van der Waals surface area (Å²) in [6, 6.07) is 7.28. The number of nitrogens with two attached hydrogens (primary N) is 2. The minimum absolute atomic E-state index is 0.0920. The monoisotopic (exact) mass is 271 g/mol. The number of fused-ring (bicyclic) bond motifs is 1. The molecule has 6 nitrogen and oxygen atoms in total. The lowest BCUT2D eigenvalue weighted by Crippen LogP contribution is -2.07. The van der Waals surface area contributed by atoms with E-state index in [1.807, 2.05) is 12.1 Å². The van der Waals surface area contributed by atoms with Crippen LogP contribution in [0.2, 0.25) is 0 Å². The summed E-state index contributed by atoms with van der Waals surface area (Å²) >= 11 is 1.36. The van der Waals surface area contributed by atoms with Crippen LogP contribution in [0.15, 0.2) is 35.3 Å². The van der Waals surface area contributed by atoms with Crippen molar-refractivity contribution in [2.24, 2.45) is 0 Å². The van der Waals surface area contributed by atoms with Crippen LogP contribution in [0, 0.1) is 0 Å². The van der Waals surface area contributed by atoms with Crippen LogP contribution in [0.4, 0.5) is 11.8 Å². The Morgan fingerprint density at radius 3 is 2.68 bits per heavy atom. The molecule has 7 heteroatoms. The predicted molar refractivity (Wildman–Crippen MR) is 75.7 cm³/mol. The fourth-order valence-electron chi connectivity index (χ4n) is 1.70. The first-order chi connectivity index (χ1) is 9.15. The van der Waals surface area contributed by atoms with Gasteiger partial charge in [-0.3, -0.25) is 4.79 Å². The molecular weight excluding hydrogens is 262 g/mol. The number of aromatic nitrogens is 3. The molecule has 0 saturated heterocycles. The summed E-state index contributed by atoms with van der Waals surface area (Å²) in [6.45, 7) is 0. The Bertz CT molecular complexity index is 830. The topological polar surface area (TPSA) is 108 Å². The van der Waals surface area contributed by atoms with Gasteiger partial charge in [-0.2, -0.15) is 9.97 Å². The Balaban J connectivity index is 2.28. The third-order valence-electron chi connectivity index (χ3n) is 2.59. The predicted octanol–water partition coefficient (Wildman–Crippen LogP) is 1.28. The van der Waals surface area contributed by atoms with Crippen molar-refractivity contribution in [2.45, 2.75) is 0 Å². The average molecular weight is 271 g/mol. The summed E-state index contributed by atoms with van der Waals surface area (Å²) in [5, 5.41) is 1.08. The molecule has 0 atom stereocenters. The van der Waals surface area contributed by atoms with Crippen LogP contribution >= 0.6 is 11.3 Å². The van der Waals surface area contributed by atoms with Gasteiger partial charge in [-0.25, -0.2) is 4.98 Å². The van der Waals surface area contributed by atoms with Gasteiger partial charge in [-0.1, -0.05) is 12.1 Å². The van der Waals surface area contributed by atoms with E-state index in [2.05, 4.69) is 15.0 Å². The number of hydrogen-bond acceptors (Lipinski definition) is 7. The Kier molecular flexibility index (Phi) is 2.60. The normalized spacial score (nSPS) is 10.7. The third kappa shape index (κ3) is 2.00. The molecule has 4 N–H and O–H groups in total. The Hall–Kier alpha value is -2.54. The second-order valence-corrected chi connectivity index (χ2v) is 4.88. The van der Waals surface area contributed by atoms with Gasteiger partial charge in [0, 0.05) is 10.9 Å². The van der Waals surface area contributed by atoms with Crippen molar-refractivity contribution >= 4 is 33.2 Å². The highest BCUT2D eigenvalue weighted by molar-refractivity contribution is 7.21. The maximum atomic E-state index is 11.9. The minimum Gasteiger partial charge on any atom is -0.383 e. The molecule has 2 heterocycles. The summed E-state index contributed by atoms with van der Waals surface area (Å²) in [5.74, 6) is 0.306. The molecule has 3 aromatic rings. The van der Waals surface area contributed by atoms with Crippen molar-refractivity contribution in [2.75, 3.05) is 11.5 Å². The summed E-state index contributed by atoms with van der Waals surface area (Å²) in [5.41, 5.74) is 11.5. The van der Waals surface area contributed by atoms with E-state index in [9.17, 15) is 4.79 Å². The fraction of sp³-hybridized carbons (Fsp3) is 0. The summed E-state index contributed by atoms with van der Waals surface area (Å²) in [4.78, 5) is 23.7. The van der Waals surface area contributed by atoms with Crippen LogP contribution in [0.1, 0.15) is 0 Å². The number of hydrogen-bond donors (Lipinski definition) is 2. The minimum atomic E-state index is -0.291. The zero-order valence-electron chi connectivity index (χ0n) is 9.70. The first-order valence-electron chi connectivity index (χ1n) is 5.43. The highest BCUT2D eigenvalue weighted by Gasteiger charge is 2.10. The van der Waals surface area contributed by atoms with Crippen molar-refractivity contribution in [1.29, 1.82) is 0 Å². The maximum Gasteiger partial charge on any atom is 0.279 e. The van der Waals surface area contributed by atoms with Crippen LogP contribution in [0.5, 0.6) is 0 Å². The van der Waals surface area contributed by atoms with Crippen LogP contribution in [-0.2, 0) is 0 Å². The molecular formula is C12H9N5OS. The van der Waals surface area contributed by atoms with Gasteiger partial charge in [-0.05, 0) is 12.1 Å². The van der Waals surface area contributed by atoms with Crippen LogP contribution in [0.25, 0.3) is 20.7 Å². The molecule has 0 aliphatic heterocycles. The van der Waals surface area contributed by atoms with E-state index in [-0.39, 0.29) is 17.3 Å². The second kappa shape index (κ2) is 4.29. The molecule has 0 fully saturated rings. The lowest BCUT2D eigenvalue weighted by Gasteiger charge is -2.04. The van der Waals surface area contributed by atoms with E-state index < -0.39 is 0 Å². The van der Waals surface area contributed by atoms with E-state index in [4.69, 9.17) is 11.5 Å². The van der Waals surface area contributed by atoms with Crippen LogP contribution in [-0.4, -0.2) is 15.0 Å². The number of rotatable bonds is 1. The molecule has 0 saturated carbocycles. The van der Waals surface area contributed by atoms with Gasteiger partial charge in [0.2, 0.25) is 5.95 Å². The van der Waals surface area contributed by atoms with E-state index in [1.165, 1.54) is 17.5 Å². The number of anilines is 2. The summed E-state index contributed by atoms with van der Waals surface area (Å²) in [7, 11) is 0. The van der Waals surface area contributed by atoms with Crippen LogP contribution < -0.4 is 17.0 Å². The molecule has 94 valence electrons. The lowest BCUT2D eigenvalue weighted by atomic mass is 10.3. The quantitative estimate of drug-likeness (QED) is 0.690. The molecule has 0 radical (unpaired) electrons. The van der Waals surface area contributed by atoms with Gasteiger partial charge in [0.1, 0.15) is 10.8 Å². The SMILES string of the molecule is Nc1ncc(-c2nc(=O)c3ccccc3s2)c(N)n1. The zero-order chi connectivity index (χ0) is 13.4. The molecule has 0 aliphatic rings. The molecule has 0 amide bonds. The van der Waals surface area contributed by atoms with E-state index in [0.29, 0.717) is 16.0 Å². The second-order valence-electron chi connectivity index (χ2n) is 3.85. The Morgan fingerprint density at radius 2 is 1.89 bits per heavy atom. The van der Waals surface area contributed by atoms with Crippen molar-refractivity contribution in [1.82, 2.24) is 15.0 Å². The molecule has 0 bridgehead atoms. The van der Waals surface area contributed by atoms with E-state index in [1.54, 1.807) is 12.1 Å². The number of nitrogen functional groups attached to an aromatic ring is 2. The first-order valence-corrected chi connectivity index (χ1v) is 6.25. The fourth-order valence-corrected chi connectivity index (χ4v) is 2.72. The Morgan fingerprint density at radius 1 is 1.11 bits per heavy atom. The highest BCUT2D eigenvalue weighted by atomic mass is 32.1. The van der Waals surface area contributed by atoms with Crippen molar-refractivity contribution < 1.29 is 0 Å². The molecule has 3 rings (SSSR count). The Labute approximate surface area is 111 Å². The zero-order valence-corrected chi connectivity index (χ0v) is 10.5. The lowest BCUT2D eigenvalue weighted by molar-refractivity contribution is 1.19. The maximum absolute atomic E-state index is 11.9. The summed E-state index contributed by atoms with van der Waals surface area (Å²) in [6.07, 6.45) is 1.48. The standard InChI is InChI=1S/C12H9N5OS/c13-9-7(5-15-12(14)16-9)11-17-10(18)6-3-1-2-4-8(6)19-11/h1-5H,(H4,13,14,15,16). The molecule has 0 unspecified atom stereocenters. The third-order valence-corrected chi connectivity index (χ3v) is 3.67. The van der Waals surface area contributed by atoms with Gasteiger partial charge in [0.15, 0.2) is 0 Å². The smallest absolute Gasteiger partial charge is 0.279 e. The van der Waals surface area contributed by atoms with Crippen molar-refractivity contribution in [3.05, 3.63) is 40.8 Å². The number of benzene rings is 1. The highest BCUT2D eigenvalue weighted by Crippen LogP contribution is 2.28. The average Bonchev–Trinajstić information content (AvgIpc) is 2.38. The number of nitrogens with zero attached hydrogens (tertiary/aromatic N) is 3. The van der Waals surface area contributed by atoms with Gasteiger partial charge in [-0.15, -0.1) is 11.3 Å². The van der Waals surface area contributed by atoms with E-state index >= 15 is 0 Å². The molecule has 2 aromatic heterocycles. The van der Waals surface area contributed by atoms with Gasteiger partial charge >= 0.3 is 0 Å². The summed E-state index contributed by atoms with van der Waals surface area (Å²) < 4.78 is 0.841. The molecule has 0 aliphatic carbocycles. The van der Waals surface area contributed by atoms with Gasteiger partial charge in [0.25, 0.3) is 5.56 Å². The molecule has 1 aromatic carbocycles.